The van der Waals surface area contributed by atoms with Crippen molar-refractivity contribution < 1.29 is 0 Å². The average molecular weight is 220 g/mol. The Labute approximate surface area is 97.5 Å². The molecule has 0 bridgehead atoms. The van der Waals surface area contributed by atoms with Crippen LogP contribution >= 0.6 is 0 Å². The summed E-state index contributed by atoms with van der Waals surface area (Å²) in [5, 5.41) is 1.52. The van der Waals surface area contributed by atoms with Gasteiger partial charge in [-0.25, -0.2) is 0 Å². The highest BCUT2D eigenvalue weighted by Crippen LogP contribution is 2.33. The molecule has 0 atom stereocenters. The second-order valence-corrected chi connectivity index (χ2v) is 5.94. The van der Waals surface area contributed by atoms with Gasteiger partial charge in [-0.2, -0.15) is 0 Å². The normalized spacial score (nSPS) is 12.0. The van der Waals surface area contributed by atoms with Gasteiger partial charge in [-0.1, -0.05) is 51.1 Å². The summed E-state index contributed by atoms with van der Waals surface area (Å²) in [5.74, 6) is 0. The molecule has 15 heavy (non-hydrogen) atoms. The van der Waals surface area contributed by atoms with Gasteiger partial charge in [-0.3, -0.25) is 0 Å². The molecule has 1 aromatic rings. The third-order valence-corrected chi connectivity index (χ3v) is 4.47. The zero-order chi connectivity index (χ0) is 11.5. The third kappa shape index (κ3) is 2.51. The van der Waals surface area contributed by atoms with E-state index in [-0.39, 0.29) is 0 Å². The van der Waals surface area contributed by atoms with E-state index >= 15 is 0 Å². The van der Waals surface area contributed by atoms with Crippen molar-refractivity contribution in [2.24, 2.45) is 0 Å². The van der Waals surface area contributed by atoms with E-state index in [9.17, 15) is 0 Å². The molecule has 0 amide bonds. The van der Waals surface area contributed by atoms with Crippen molar-refractivity contribution >= 4 is 15.4 Å². The minimum atomic E-state index is 0.376. The summed E-state index contributed by atoms with van der Waals surface area (Å²) in [5.41, 5.74) is 3.52. The van der Waals surface area contributed by atoms with Crippen LogP contribution in [0.5, 0.6) is 0 Å². The van der Waals surface area contributed by atoms with Crippen LogP contribution in [0.2, 0.25) is 0 Å². The van der Waals surface area contributed by atoms with Gasteiger partial charge in [0.05, 0.1) is 0 Å². The molecule has 0 radical (unpaired) electrons. The Morgan fingerprint density at radius 2 is 1.73 bits per heavy atom. The molecule has 1 rings (SSSR count). The molecule has 0 fully saturated rings. The smallest absolute Gasteiger partial charge is 0.0385 e. The standard InChI is InChI=1S/C14H24Si/c1-5-11-10-12(15)8-9-13(11)14(4,6-2)7-3/h8-10H,5-7H2,1-4,15H3. The highest BCUT2D eigenvalue weighted by atomic mass is 28.1. The molecule has 0 saturated heterocycles. The predicted octanol–water partition coefficient (Wildman–Crippen LogP) is 2.32. The number of aryl methyl sites for hydroxylation is 1. The number of benzene rings is 1. The van der Waals surface area contributed by atoms with E-state index in [0.717, 1.165) is 10.2 Å². The Balaban J connectivity index is 3.23. The lowest BCUT2D eigenvalue weighted by Crippen LogP contribution is -2.22. The fourth-order valence-electron chi connectivity index (χ4n) is 2.23. The molecule has 0 saturated carbocycles. The van der Waals surface area contributed by atoms with Gasteiger partial charge in [-0.15, -0.1) is 0 Å². The maximum absolute atomic E-state index is 2.41. The summed E-state index contributed by atoms with van der Waals surface area (Å²) in [7, 11) is 1.16. The van der Waals surface area contributed by atoms with Gasteiger partial charge in [0.15, 0.2) is 0 Å². The molecule has 84 valence electrons. The third-order valence-electron chi connectivity index (χ3n) is 3.85. The van der Waals surface area contributed by atoms with Gasteiger partial charge < -0.3 is 0 Å². The quantitative estimate of drug-likeness (QED) is 0.683. The average Bonchev–Trinajstić information content (AvgIpc) is 2.27. The number of hydrogen-bond donors (Lipinski definition) is 0. The summed E-state index contributed by atoms with van der Waals surface area (Å²) in [6, 6.07) is 7.09. The maximum atomic E-state index is 2.41. The summed E-state index contributed by atoms with van der Waals surface area (Å²) < 4.78 is 0. The highest BCUT2D eigenvalue weighted by molar-refractivity contribution is 6.32. The van der Waals surface area contributed by atoms with Crippen molar-refractivity contribution in [3.8, 4) is 0 Å². The van der Waals surface area contributed by atoms with Crippen molar-refractivity contribution in [2.75, 3.05) is 0 Å². The number of hydrogen-bond acceptors (Lipinski definition) is 0. The highest BCUT2D eigenvalue weighted by Gasteiger charge is 2.24. The van der Waals surface area contributed by atoms with Crippen LogP contribution in [0.15, 0.2) is 18.2 Å². The van der Waals surface area contributed by atoms with E-state index < -0.39 is 0 Å². The first-order valence-corrected chi connectivity index (χ1v) is 7.17. The topological polar surface area (TPSA) is 0 Å². The Hall–Kier alpha value is -0.563. The largest absolute Gasteiger partial charge is 0.0705 e. The van der Waals surface area contributed by atoms with Crippen molar-refractivity contribution in [1.82, 2.24) is 0 Å². The molecular formula is C14H24Si. The van der Waals surface area contributed by atoms with Gasteiger partial charge in [-0.05, 0) is 35.8 Å². The van der Waals surface area contributed by atoms with E-state index in [1.807, 2.05) is 0 Å². The molecule has 1 heteroatoms. The lowest BCUT2D eigenvalue weighted by molar-refractivity contribution is 0.435. The summed E-state index contributed by atoms with van der Waals surface area (Å²) in [6.45, 7) is 9.27. The Morgan fingerprint density at radius 3 is 2.20 bits per heavy atom. The minimum Gasteiger partial charge on any atom is -0.0705 e. The zero-order valence-corrected chi connectivity index (χ0v) is 12.9. The fraction of sp³-hybridized carbons (Fsp3) is 0.571. The van der Waals surface area contributed by atoms with Crippen LogP contribution in [0.25, 0.3) is 0 Å². The van der Waals surface area contributed by atoms with Crippen molar-refractivity contribution in [1.29, 1.82) is 0 Å². The molecule has 0 N–H and O–H groups in total. The van der Waals surface area contributed by atoms with Gasteiger partial charge in [0.1, 0.15) is 0 Å². The minimum absolute atomic E-state index is 0.376. The van der Waals surface area contributed by atoms with E-state index in [4.69, 9.17) is 0 Å². The van der Waals surface area contributed by atoms with Crippen LogP contribution in [-0.2, 0) is 11.8 Å². The molecule has 0 nitrogen and oxygen atoms in total. The van der Waals surface area contributed by atoms with Gasteiger partial charge in [0, 0.05) is 10.2 Å². The lowest BCUT2D eigenvalue weighted by atomic mass is 9.75. The second kappa shape index (κ2) is 4.98. The van der Waals surface area contributed by atoms with Crippen LogP contribution < -0.4 is 5.19 Å². The van der Waals surface area contributed by atoms with E-state index in [0.29, 0.717) is 5.41 Å². The Bertz CT molecular complexity index is 324. The SMILES string of the molecule is CCc1cc([SiH3])ccc1C(C)(CC)CC. The van der Waals surface area contributed by atoms with Gasteiger partial charge in [0.2, 0.25) is 0 Å². The van der Waals surface area contributed by atoms with Crippen molar-refractivity contribution in [3.05, 3.63) is 29.3 Å². The monoisotopic (exact) mass is 220 g/mol. The molecule has 0 aromatic heterocycles. The van der Waals surface area contributed by atoms with Crippen molar-refractivity contribution in [2.45, 2.75) is 52.4 Å². The molecule has 0 unspecified atom stereocenters. The first kappa shape index (κ1) is 12.5. The Morgan fingerprint density at radius 1 is 1.13 bits per heavy atom. The Kier molecular flexibility index (Phi) is 4.15. The van der Waals surface area contributed by atoms with E-state index in [2.05, 4.69) is 45.9 Å². The first-order chi connectivity index (χ1) is 7.07. The maximum Gasteiger partial charge on any atom is 0.0385 e. The summed E-state index contributed by atoms with van der Waals surface area (Å²) >= 11 is 0. The van der Waals surface area contributed by atoms with Crippen LogP contribution in [0.4, 0.5) is 0 Å². The second-order valence-electron chi connectivity index (χ2n) is 4.78. The van der Waals surface area contributed by atoms with Crippen LogP contribution in [-0.4, -0.2) is 10.2 Å². The molecule has 1 aromatic carbocycles. The van der Waals surface area contributed by atoms with Crippen LogP contribution in [0, 0.1) is 0 Å². The summed E-state index contributed by atoms with van der Waals surface area (Å²) in [6.07, 6.45) is 3.63. The molecule has 0 spiro atoms. The molecular weight excluding hydrogens is 196 g/mol. The van der Waals surface area contributed by atoms with E-state index in [1.54, 1.807) is 11.1 Å². The molecule has 0 heterocycles. The molecule has 0 aliphatic heterocycles. The number of rotatable bonds is 4. The van der Waals surface area contributed by atoms with E-state index in [1.165, 1.54) is 24.4 Å². The first-order valence-electron chi connectivity index (χ1n) is 6.17. The molecule has 0 aliphatic carbocycles. The van der Waals surface area contributed by atoms with Crippen LogP contribution in [0.1, 0.15) is 51.7 Å². The summed E-state index contributed by atoms with van der Waals surface area (Å²) in [4.78, 5) is 0. The lowest BCUT2D eigenvalue weighted by Gasteiger charge is -2.30. The van der Waals surface area contributed by atoms with Crippen molar-refractivity contribution in [3.63, 3.8) is 0 Å². The fourth-order valence-corrected chi connectivity index (χ4v) is 2.75. The molecule has 0 aliphatic rings. The predicted molar refractivity (Wildman–Crippen MR) is 73.3 cm³/mol. The van der Waals surface area contributed by atoms with Crippen LogP contribution in [0.3, 0.4) is 0 Å². The van der Waals surface area contributed by atoms with Gasteiger partial charge >= 0.3 is 0 Å². The zero-order valence-electron chi connectivity index (χ0n) is 10.9. The van der Waals surface area contributed by atoms with Gasteiger partial charge in [0.25, 0.3) is 0 Å².